The molecule has 0 aromatic heterocycles. The van der Waals surface area contributed by atoms with Crippen molar-refractivity contribution in [1.82, 2.24) is 10.3 Å². The Morgan fingerprint density at radius 3 is 2.50 bits per heavy atom. The first kappa shape index (κ1) is 18.0. The normalized spacial score (nSPS) is 20.7. The van der Waals surface area contributed by atoms with Gasteiger partial charge < -0.3 is 10.1 Å². The smallest absolute Gasteiger partial charge is 0.346 e. The number of hydrazone groups is 1. The molecule has 0 bridgehead atoms. The van der Waals surface area contributed by atoms with Gasteiger partial charge in [-0.25, -0.2) is 4.79 Å². The molecule has 3 amide bonds. The lowest BCUT2D eigenvalue weighted by atomic mass is 10.00. The molecule has 0 spiro atoms. The summed E-state index contributed by atoms with van der Waals surface area (Å²) in [6, 6.07) is 6.91. The second-order valence-electron chi connectivity index (χ2n) is 6.10. The predicted molar refractivity (Wildman–Crippen MR) is 93.1 cm³/mol. The van der Waals surface area contributed by atoms with Crippen molar-refractivity contribution in [3.05, 3.63) is 29.8 Å². The summed E-state index contributed by atoms with van der Waals surface area (Å²) in [5.41, 5.74) is -0.0773. The van der Waals surface area contributed by atoms with E-state index in [2.05, 4.69) is 17.3 Å². The van der Waals surface area contributed by atoms with Crippen molar-refractivity contribution in [3.8, 4) is 5.75 Å². The van der Waals surface area contributed by atoms with Crippen LogP contribution in [0.15, 0.2) is 29.4 Å². The van der Waals surface area contributed by atoms with Crippen molar-refractivity contribution in [2.24, 2.45) is 5.10 Å². The van der Waals surface area contributed by atoms with E-state index >= 15 is 0 Å². The number of nitrogens with zero attached hydrogens (tertiary/aromatic N) is 2. The van der Waals surface area contributed by atoms with Crippen LogP contribution in [0.25, 0.3) is 0 Å². The fraction of sp³-hybridized carbons (Fsp3) is 0.500. The predicted octanol–water partition coefficient (Wildman–Crippen LogP) is 3.31. The molecule has 24 heavy (non-hydrogen) atoms. The quantitative estimate of drug-likeness (QED) is 0.451. The Hall–Kier alpha value is -2.37. The van der Waals surface area contributed by atoms with Gasteiger partial charge in [-0.05, 0) is 49.6 Å². The van der Waals surface area contributed by atoms with Gasteiger partial charge in [0.25, 0.3) is 5.91 Å². The fourth-order valence-electron chi connectivity index (χ4n) is 2.33. The number of ether oxygens (including phenoxy) is 1. The number of benzene rings is 1. The summed E-state index contributed by atoms with van der Waals surface area (Å²) in [6.45, 7) is 6.42. The van der Waals surface area contributed by atoms with Crippen LogP contribution < -0.4 is 10.1 Å². The molecule has 1 aromatic rings. The number of hydrogen-bond acceptors (Lipinski definition) is 4. The van der Waals surface area contributed by atoms with Crippen molar-refractivity contribution >= 4 is 18.2 Å². The van der Waals surface area contributed by atoms with Gasteiger partial charge in [0.1, 0.15) is 11.3 Å². The first-order valence-corrected chi connectivity index (χ1v) is 8.43. The molecule has 0 saturated carbocycles. The summed E-state index contributed by atoms with van der Waals surface area (Å²) in [5.74, 6) is 0.471. The molecule has 1 heterocycles. The first-order valence-electron chi connectivity index (χ1n) is 8.43. The number of rotatable bonds is 8. The highest BCUT2D eigenvalue weighted by atomic mass is 16.5. The molecule has 1 saturated heterocycles. The monoisotopic (exact) mass is 331 g/mol. The molecule has 6 heteroatoms. The topological polar surface area (TPSA) is 71.0 Å². The third-order valence-corrected chi connectivity index (χ3v) is 4.17. The Labute approximate surface area is 142 Å². The summed E-state index contributed by atoms with van der Waals surface area (Å²) in [4.78, 5) is 24.1. The lowest BCUT2D eigenvalue weighted by Crippen LogP contribution is -2.42. The molecule has 0 radical (unpaired) electrons. The molecule has 130 valence electrons. The van der Waals surface area contributed by atoms with Crippen LogP contribution in [-0.4, -0.2) is 35.3 Å². The Morgan fingerprint density at radius 1 is 1.21 bits per heavy atom. The van der Waals surface area contributed by atoms with Crippen LogP contribution in [0, 0.1) is 0 Å². The molecular formula is C18H25N3O3. The van der Waals surface area contributed by atoms with Gasteiger partial charge in [0, 0.05) is 0 Å². The summed E-state index contributed by atoms with van der Waals surface area (Å²) < 4.78 is 5.64. The zero-order valence-corrected chi connectivity index (χ0v) is 14.5. The van der Waals surface area contributed by atoms with Crippen LogP contribution >= 0.6 is 0 Å². The van der Waals surface area contributed by atoms with Crippen LogP contribution in [0.2, 0.25) is 0 Å². The number of hydrogen-bond donors (Lipinski definition) is 1. The van der Waals surface area contributed by atoms with E-state index in [1.807, 2.05) is 31.2 Å². The maximum absolute atomic E-state index is 12.2. The zero-order valence-electron chi connectivity index (χ0n) is 14.5. The highest BCUT2D eigenvalue weighted by molar-refractivity contribution is 6.07. The van der Waals surface area contributed by atoms with Gasteiger partial charge in [0.2, 0.25) is 0 Å². The average molecular weight is 331 g/mol. The van der Waals surface area contributed by atoms with E-state index in [0.29, 0.717) is 13.0 Å². The van der Waals surface area contributed by atoms with Gasteiger partial charge >= 0.3 is 6.03 Å². The van der Waals surface area contributed by atoms with E-state index in [1.165, 1.54) is 12.6 Å². The van der Waals surface area contributed by atoms with Crippen molar-refractivity contribution in [3.63, 3.8) is 0 Å². The van der Waals surface area contributed by atoms with Crippen molar-refractivity contribution in [1.29, 1.82) is 0 Å². The van der Waals surface area contributed by atoms with E-state index < -0.39 is 11.6 Å². The van der Waals surface area contributed by atoms with E-state index in [0.717, 1.165) is 29.2 Å². The van der Waals surface area contributed by atoms with Gasteiger partial charge in [-0.2, -0.15) is 5.10 Å². The Kier molecular flexibility index (Phi) is 5.95. The molecule has 1 fully saturated rings. The summed E-state index contributed by atoms with van der Waals surface area (Å²) in [7, 11) is 0. The highest BCUT2D eigenvalue weighted by Crippen LogP contribution is 2.21. The number of carbonyl (C=O) groups is 2. The maximum Gasteiger partial charge on any atom is 0.346 e. The van der Waals surface area contributed by atoms with Crippen molar-refractivity contribution in [2.75, 3.05) is 6.61 Å². The minimum atomic E-state index is -0.870. The van der Waals surface area contributed by atoms with E-state index in [1.54, 1.807) is 6.92 Å². The van der Waals surface area contributed by atoms with Crippen molar-refractivity contribution in [2.45, 2.75) is 52.0 Å². The molecular weight excluding hydrogens is 306 g/mol. The summed E-state index contributed by atoms with van der Waals surface area (Å²) in [5, 5.41) is 7.57. The number of imide groups is 1. The van der Waals surface area contributed by atoms with Crippen LogP contribution in [0.4, 0.5) is 4.79 Å². The molecule has 1 aromatic carbocycles. The Balaban J connectivity index is 1.95. The van der Waals surface area contributed by atoms with Crippen LogP contribution in [0.5, 0.6) is 5.75 Å². The number of amides is 3. The van der Waals surface area contributed by atoms with Gasteiger partial charge in [-0.15, -0.1) is 5.01 Å². The maximum atomic E-state index is 12.2. The van der Waals surface area contributed by atoms with Crippen LogP contribution in [-0.2, 0) is 4.79 Å². The molecule has 6 nitrogen and oxygen atoms in total. The molecule has 1 N–H and O–H groups in total. The standard InChI is InChI=1S/C18H25N3O3/c1-4-6-7-12-24-15-10-8-14(9-11-15)13-19-21-16(22)18(3,5-2)20-17(21)23/h8-11,13H,4-7,12H2,1-3H3,(H,20,23)/b19-13+. The Bertz CT molecular complexity index is 612. The van der Waals surface area contributed by atoms with Gasteiger partial charge in [-0.1, -0.05) is 26.7 Å². The van der Waals surface area contributed by atoms with Crippen LogP contribution in [0.1, 0.15) is 52.0 Å². The van der Waals surface area contributed by atoms with Crippen molar-refractivity contribution < 1.29 is 14.3 Å². The van der Waals surface area contributed by atoms with E-state index in [-0.39, 0.29) is 5.91 Å². The molecule has 1 aliphatic rings. The largest absolute Gasteiger partial charge is 0.494 e. The van der Waals surface area contributed by atoms with E-state index in [9.17, 15) is 9.59 Å². The highest BCUT2D eigenvalue weighted by Gasteiger charge is 2.46. The fourth-order valence-corrected chi connectivity index (χ4v) is 2.33. The summed E-state index contributed by atoms with van der Waals surface area (Å²) >= 11 is 0. The number of unbranched alkanes of at least 4 members (excludes halogenated alkanes) is 2. The average Bonchev–Trinajstić information content (AvgIpc) is 2.81. The molecule has 0 aliphatic carbocycles. The molecule has 1 aliphatic heterocycles. The van der Waals surface area contributed by atoms with Gasteiger partial charge in [0.05, 0.1) is 12.8 Å². The molecule has 1 unspecified atom stereocenters. The number of urea groups is 1. The second-order valence-corrected chi connectivity index (χ2v) is 6.10. The Morgan fingerprint density at radius 2 is 1.92 bits per heavy atom. The first-order chi connectivity index (χ1) is 11.5. The third-order valence-electron chi connectivity index (χ3n) is 4.17. The summed E-state index contributed by atoms with van der Waals surface area (Å²) in [6.07, 6.45) is 5.39. The lowest BCUT2D eigenvalue weighted by Gasteiger charge is -2.17. The lowest BCUT2D eigenvalue weighted by molar-refractivity contribution is -0.130. The minimum absolute atomic E-state index is 0.331. The van der Waals surface area contributed by atoms with Crippen LogP contribution in [0.3, 0.4) is 0 Å². The minimum Gasteiger partial charge on any atom is -0.494 e. The van der Waals surface area contributed by atoms with Gasteiger partial charge in [-0.3, -0.25) is 4.79 Å². The third kappa shape index (κ3) is 4.13. The number of nitrogens with one attached hydrogen (secondary N) is 1. The zero-order chi connectivity index (χ0) is 17.6. The van der Waals surface area contributed by atoms with E-state index in [4.69, 9.17) is 4.74 Å². The second kappa shape index (κ2) is 7.95. The van der Waals surface area contributed by atoms with Gasteiger partial charge in [0.15, 0.2) is 0 Å². The molecule has 2 rings (SSSR count). The molecule has 1 atom stereocenters. The number of carbonyl (C=O) groups excluding carboxylic acids is 2. The SMILES string of the molecule is CCCCCOc1ccc(/C=N/N2C(=O)NC(C)(CC)C2=O)cc1.